The van der Waals surface area contributed by atoms with Crippen molar-refractivity contribution in [2.45, 2.75) is 32.4 Å². The van der Waals surface area contributed by atoms with E-state index in [9.17, 15) is 4.79 Å². The van der Waals surface area contributed by atoms with Crippen LogP contribution in [-0.4, -0.2) is 30.8 Å². The number of carbonyl (C=O) groups is 1. The molecule has 0 aliphatic carbocycles. The summed E-state index contributed by atoms with van der Waals surface area (Å²) < 4.78 is 10.3. The van der Waals surface area contributed by atoms with E-state index < -0.39 is 5.60 Å². The van der Waals surface area contributed by atoms with Crippen LogP contribution in [-0.2, 0) is 14.3 Å². The van der Waals surface area contributed by atoms with Gasteiger partial charge in [-0.3, -0.25) is 4.79 Å². The molecule has 0 bridgehead atoms. The monoisotopic (exact) mass is 187 g/mol. The van der Waals surface area contributed by atoms with Crippen LogP contribution in [0.4, 0.5) is 0 Å². The lowest BCUT2D eigenvalue weighted by Crippen LogP contribution is -2.38. The van der Waals surface area contributed by atoms with Crippen molar-refractivity contribution in [3.05, 3.63) is 0 Å². The highest BCUT2D eigenvalue weighted by Gasteiger charge is 2.34. The normalized spacial score (nSPS) is 28.9. The van der Waals surface area contributed by atoms with E-state index in [1.165, 1.54) is 0 Å². The van der Waals surface area contributed by atoms with Gasteiger partial charge in [-0.2, -0.15) is 0 Å². The van der Waals surface area contributed by atoms with E-state index in [1.807, 2.05) is 20.8 Å². The standard InChI is InChI=1S/C9H17NO3/c1-9(2,3)13-8(11)6-4-12-5-7(6)10/h6-7H,4-5,10H2,1-3H3/t6-,7-/m0/s1. The molecule has 13 heavy (non-hydrogen) atoms. The summed E-state index contributed by atoms with van der Waals surface area (Å²) in [6.45, 7) is 6.35. The molecule has 0 amide bonds. The molecular weight excluding hydrogens is 170 g/mol. The Kier molecular flexibility index (Phi) is 2.93. The van der Waals surface area contributed by atoms with Crippen molar-refractivity contribution in [1.82, 2.24) is 0 Å². The van der Waals surface area contributed by atoms with Gasteiger partial charge in [0.25, 0.3) is 0 Å². The van der Waals surface area contributed by atoms with Gasteiger partial charge in [0.15, 0.2) is 0 Å². The van der Waals surface area contributed by atoms with E-state index in [2.05, 4.69) is 0 Å². The van der Waals surface area contributed by atoms with E-state index in [1.54, 1.807) is 0 Å². The SMILES string of the molecule is CC(C)(C)OC(=O)[C@H]1COC[C@@H]1N. The fourth-order valence-corrected chi connectivity index (χ4v) is 1.19. The Morgan fingerprint density at radius 1 is 1.46 bits per heavy atom. The summed E-state index contributed by atoms with van der Waals surface area (Å²) >= 11 is 0. The van der Waals surface area contributed by atoms with Gasteiger partial charge in [-0.15, -0.1) is 0 Å². The predicted molar refractivity (Wildman–Crippen MR) is 48.1 cm³/mol. The van der Waals surface area contributed by atoms with Crippen LogP contribution < -0.4 is 5.73 Å². The van der Waals surface area contributed by atoms with E-state index in [-0.39, 0.29) is 17.9 Å². The van der Waals surface area contributed by atoms with Crippen molar-refractivity contribution in [3.8, 4) is 0 Å². The van der Waals surface area contributed by atoms with Crippen molar-refractivity contribution in [2.75, 3.05) is 13.2 Å². The average Bonchev–Trinajstić information content (AvgIpc) is 2.30. The minimum atomic E-state index is -0.445. The van der Waals surface area contributed by atoms with Crippen LogP contribution in [0.1, 0.15) is 20.8 Å². The minimum absolute atomic E-state index is 0.213. The molecule has 0 spiro atoms. The van der Waals surface area contributed by atoms with Gasteiger partial charge in [0.2, 0.25) is 0 Å². The molecule has 76 valence electrons. The molecular formula is C9H17NO3. The number of ether oxygens (including phenoxy) is 2. The summed E-state index contributed by atoms with van der Waals surface area (Å²) in [6, 6.07) is -0.213. The average molecular weight is 187 g/mol. The van der Waals surface area contributed by atoms with Gasteiger partial charge in [-0.25, -0.2) is 0 Å². The lowest BCUT2D eigenvalue weighted by molar-refractivity contribution is -0.160. The van der Waals surface area contributed by atoms with Crippen molar-refractivity contribution in [3.63, 3.8) is 0 Å². The molecule has 4 heteroatoms. The second kappa shape index (κ2) is 3.64. The first-order valence-corrected chi connectivity index (χ1v) is 4.46. The van der Waals surface area contributed by atoms with Crippen LogP contribution in [0, 0.1) is 5.92 Å². The van der Waals surface area contributed by atoms with Gasteiger partial charge < -0.3 is 15.2 Å². The van der Waals surface area contributed by atoms with Gasteiger partial charge in [-0.1, -0.05) is 0 Å². The summed E-state index contributed by atoms with van der Waals surface area (Å²) in [5, 5.41) is 0. The summed E-state index contributed by atoms with van der Waals surface area (Å²) in [6.07, 6.45) is 0. The third-order valence-corrected chi connectivity index (χ3v) is 1.83. The van der Waals surface area contributed by atoms with Gasteiger partial charge in [0, 0.05) is 6.04 Å². The molecule has 1 rings (SSSR count). The quantitative estimate of drug-likeness (QED) is 0.600. The highest BCUT2D eigenvalue weighted by Crippen LogP contribution is 2.17. The summed E-state index contributed by atoms with van der Waals surface area (Å²) in [4.78, 5) is 11.5. The van der Waals surface area contributed by atoms with E-state index >= 15 is 0 Å². The Bertz CT molecular complexity index is 198. The van der Waals surface area contributed by atoms with E-state index in [0.717, 1.165) is 0 Å². The highest BCUT2D eigenvalue weighted by atomic mass is 16.6. The van der Waals surface area contributed by atoms with Crippen molar-refractivity contribution < 1.29 is 14.3 Å². The van der Waals surface area contributed by atoms with Crippen LogP contribution in [0.15, 0.2) is 0 Å². The van der Waals surface area contributed by atoms with Crippen LogP contribution >= 0.6 is 0 Å². The molecule has 2 atom stereocenters. The summed E-state index contributed by atoms with van der Waals surface area (Å²) in [5.74, 6) is -0.545. The molecule has 0 saturated carbocycles. The predicted octanol–water partition coefficient (Wildman–Crippen LogP) is 0.302. The first-order valence-electron chi connectivity index (χ1n) is 4.46. The van der Waals surface area contributed by atoms with Crippen LogP contribution in [0.25, 0.3) is 0 Å². The van der Waals surface area contributed by atoms with Gasteiger partial charge in [0.1, 0.15) is 5.60 Å². The Labute approximate surface area is 78.4 Å². The highest BCUT2D eigenvalue weighted by molar-refractivity contribution is 5.74. The van der Waals surface area contributed by atoms with Crippen LogP contribution in [0.2, 0.25) is 0 Å². The third-order valence-electron chi connectivity index (χ3n) is 1.83. The second-order valence-corrected chi connectivity index (χ2v) is 4.34. The first kappa shape index (κ1) is 10.5. The van der Waals surface area contributed by atoms with Crippen molar-refractivity contribution in [2.24, 2.45) is 11.7 Å². The molecule has 1 aliphatic heterocycles. The molecule has 1 fully saturated rings. The third kappa shape index (κ3) is 2.97. The first-order chi connectivity index (χ1) is 5.90. The van der Waals surface area contributed by atoms with E-state index in [0.29, 0.717) is 13.2 Å². The molecule has 1 saturated heterocycles. The maximum absolute atomic E-state index is 11.5. The molecule has 0 radical (unpaired) electrons. The maximum atomic E-state index is 11.5. The fourth-order valence-electron chi connectivity index (χ4n) is 1.19. The van der Waals surface area contributed by atoms with E-state index in [4.69, 9.17) is 15.2 Å². The Hall–Kier alpha value is -0.610. The van der Waals surface area contributed by atoms with Gasteiger partial charge in [-0.05, 0) is 20.8 Å². The lowest BCUT2D eigenvalue weighted by Gasteiger charge is -2.22. The number of carbonyl (C=O) groups excluding carboxylic acids is 1. The Morgan fingerprint density at radius 2 is 2.08 bits per heavy atom. The number of rotatable bonds is 1. The lowest BCUT2D eigenvalue weighted by atomic mass is 10.0. The second-order valence-electron chi connectivity index (χ2n) is 4.34. The van der Waals surface area contributed by atoms with Gasteiger partial charge in [0.05, 0.1) is 19.1 Å². The molecule has 0 aromatic carbocycles. The number of nitrogens with two attached hydrogens (primary N) is 1. The smallest absolute Gasteiger partial charge is 0.313 e. The zero-order chi connectivity index (χ0) is 10.1. The zero-order valence-corrected chi connectivity index (χ0v) is 8.37. The van der Waals surface area contributed by atoms with Crippen molar-refractivity contribution in [1.29, 1.82) is 0 Å². The number of hydrogen-bond acceptors (Lipinski definition) is 4. The summed E-state index contributed by atoms with van der Waals surface area (Å²) in [7, 11) is 0. The maximum Gasteiger partial charge on any atom is 0.313 e. The molecule has 1 aliphatic rings. The Morgan fingerprint density at radius 3 is 2.46 bits per heavy atom. The summed E-state index contributed by atoms with van der Waals surface area (Å²) in [5.41, 5.74) is 5.23. The van der Waals surface area contributed by atoms with Crippen molar-refractivity contribution >= 4 is 5.97 Å². The largest absolute Gasteiger partial charge is 0.460 e. The Balaban J connectivity index is 2.48. The molecule has 0 aromatic heterocycles. The fraction of sp³-hybridized carbons (Fsp3) is 0.889. The number of hydrogen-bond donors (Lipinski definition) is 1. The molecule has 4 nitrogen and oxygen atoms in total. The minimum Gasteiger partial charge on any atom is -0.460 e. The number of esters is 1. The molecule has 0 unspecified atom stereocenters. The molecule has 1 heterocycles. The zero-order valence-electron chi connectivity index (χ0n) is 8.37. The molecule has 0 aromatic rings. The topological polar surface area (TPSA) is 61.5 Å². The van der Waals surface area contributed by atoms with Crippen LogP contribution in [0.5, 0.6) is 0 Å². The molecule has 2 N–H and O–H groups in total. The van der Waals surface area contributed by atoms with Crippen LogP contribution in [0.3, 0.4) is 0 Å². The van der Waals surface area contributed by atoms with Gasteiger partial charge >= 0.3 is 5.97 Å².